The van der Waals surface area contributed by atoms with E-state index in [0.717, 1.165) is 11.6 Å². The van der Waals surface area contributed by atoms with Crippen LogP contribution in [0.2, 0.25) is 0 Å². The maximum Gasteiger partial charge on any atom is 0.338 e. The molecule has 0 aliphatic rings. The summed E-state index contributed by atoms with van der Waals surface area (Å²) >= 11 is 0. The van der Waals surface area contributed by atoms with Crippen molar-refractivity contribution in [3.63, 3.8) is 0 Å². The Kier molecular flexibility index (Phi) is 6.56. The summed E-state index contributed by atoms with van der Waals surface area (Å²) in [5.74, 6) is -2.48. The van der Waals surface area contributed by atoms with Crippen molar-refractivity contribution in [3.05, 3.63) is 65.5 Å². The highest BCUT2D eigenvalue weighted by molar-refractivity contribution is 7.85. The van der Waals surface area contributed by atoms with E-state index in [9.17, 15) is 22.2 Å². The molecule has 0 fully saturated rings. The van der Waals surface area contributed by atoms with Crippen molar-refractivity contribution in [2.24, 2.45) is 0 Å². The van der Waals surface area contributed by atoms with E-state index in [1.54, 1.807) is 0 Å². The van der Waals surface area contributed by atoms with Crippen LogP contribution in [0.5, 0.6) is 5.75 Å². The third-order valence-corrected chi connectivity index (χ3v) is 4.79. The van der Waals surface area contributed by atoms with Gasteiger partial charge in [-0.05, 0) is 37.1 Å². The number of carbonyl (C=O) groups excluding carboxylic acids is 1. The first kappa shape index (κ1) is 20.9. The lowest BCUT2D eigenvalue weighted by Gasteiger charge is -2.30. The van der Waals surface area contributed by atoms with Gasteiger partial charge in [-0.1, -0.05) is 37.3 Å². The summed E-state index contributed by atoms with van der Waals surface area (Å²) in [7, 11) is -4.49. The van der Waals surface area contributed by atoms with Crippen molar-refractivity contribution in [1.82, 2.24) is 0 Å². The molecule has 2 rings (SSSR count). The molecular weight excluding hydrogens is 375 g/mol. The fourth-order valence-electron chi connectivity index (χ4n) is 2.40. The Morgan fingerprint density at radius 3 is 2.44 bits per heavy atom. The van der Waals surface area contributed by atoms with Gasteiger partial charge in [0.1, 0.15) is 12.2 Å². The van der Waals surface area contributed by atoms with Crippen molar-refractivity contribution in [2.75, 3.05) is 12.4 Å². The zero-order valence-corrected chi connectivity index (χ0v) is 15.8. The predicted octanol–water partition coefficient (Wildman–Crippen LogP) is 3.23. The molecule has 0 aromatic heterocycles. The molecule has 8 heteroatoms. The van der Waals surface area contributed by atoms with Crippen molar-refractivity contribution < 1.29 is 31.6 Å². The number of carbonyl (C=O) groups is 1. The Bertz CT molecular complexity index is 898. The molecule has 0 saturated carbocycles. The van der Waals surface area contributed by atoms with Crippen LogP contribution in [-0.2, 0) is 20.5 Å². The first-order chi connectivity index (χ1) is 12.6. The molecule has 0 aliphatic carbocycles. The Morgan fingerprint density at radius 1 is 1.19 bits per heavy atom. The summed E-state index contributed by atoms with van der Waals surface area (Å²) in [6.07, 6.45) is 0.548. The lowest BCUT2D eigenvalue weighted by Crippen LogP contribution is -2.29. The Morgan fingerprint density at radius 2 is 1.85 bits per heavy atom. The van der Waals surface area contributed by atoms with Gasteiger partial charge >= 0.3 is 5.97 Å². The van der Waals surface area contributed by atoms with E-state index in [-0.39, 0.29) is 11.3 Å². The minimum atomic E-state index is -4.49. The summed E-state index contributed by atoms with van der Waals surface area (Å²) in [6.45, 7) is 3.13. The summed E-state index contributed by atoms with van der Waals surface area (Å²) in [4.78, 5) is 12.0. The highest BCUT2D eigenvalue weighted by Gasteiger charge is 2.28. The SMILES string of the molecule is CCC(C)(Oc1cc(C(=O)OCCS(=O)(=O)[O-])ccc1F)c1ccccc1. The number of rotatable bonds is 8. The molecule has 2 aromatic carbocycles. The molecule has 1 unspecified atom stereocenters. The second kappa shape index (κ2) is 8.49. The van der Waals surface area contributed by atoms with Crippen LogP contribution in [0.4, 0.5) is 4.39 Å². The standard InChI is InChI=1S/C19H21FO6S/c1-3-19(2,15-7-5-4-6-8-15)26-17-13-14(9-10-16(17)20)18(21)25-11-12-27(22,23)24/h4-10,13H,3,11-12H2,1-2H3,(H,22,23,24)/p-1. The average molecular weight is 395 g/mol. The molecule has 0 aliphatic heterocycles. The van der Waals surface area contributed by atoms with Crippen LogP contribution in [0.3, 0.4) is 0 Å². The highest BCUT2D eigenvalue weighted by Crippen LogP contribution is 2.33. The minimum absolute atomic E-state index is 0.0128. The van der Waals surface area contributed by atoms with Crippen LogP contribution in [-0.4, -0.2) is 31.3 Å². The monoisotopic (exact) mass is 395 g/mol. The average Bonchev–Trinajstić information content (AvgIpc) is 2.63. The molecule has 0 spiro atoms. The van der Waals surface area contributed by atoms with E-state index in [4.69, 9.17) is 9.47 Å². The van der Waals surface area contributed by atoms with Gasteiger partial charge < -0.3 is 14.0 Å². The van der Waals surface area contributed by atoms with Crippen LogP contribution < -0.4 is 4.74 Å². The van der Waals surface area contributed by atoms with E-state index < -0.39 is 39.9 Å². The third kappa shape index (κ3) is 5.77. The van der Waals surface area contributed by atoms with E-state index in [2.05, 4.69) is 0 Å². The van der Waals surface area contributed by atoms with Gasteiger partial charge in [0.15, 0.2) is 11.6 Å². The van der Waals surface area contributed by atoms with Crippen molar-refractivity contribution in [1.29, 1.82) is 0 Å². The Balaban J connectivity index is 2.20. The van der Waals surface area contributed by atoms with E-state index >= 15 is 0 Å². The quantitative estimate of drug-likeness (QED) is 0.503. The number of ether oxygens (including phenoxy) is 2. The van der Waals surface area contributed by atoms with E-state index in [1.165, 1.54) is 12.1 Å². The number of benzene rings is 2. The second-order valence-electron chi connectivity index (χ2n) is 6.10. The Labute approximate surface area is 157 Å². The summed E-state index contributed by atoms with van der Waals surface area (Å²) in [5, 5.41) is 0. The summed E-state index contributed by atoms with van der Waals surface area (Å²) in [5.41, 5.74) is 0.0168. The van der Waals surface area contributed by atoms with Gasteiger partial charge in [0, 0.05) is 0 Å². The maximum atomic E-state index is 14.2. The topological polar surface area (TPSA) is 92.7 Å². The predicted molar refractivity (Wildman–Crippen MR) is 96.0 cm³/mol. The Hall–Kier alpha value is -2.45. The lowest BCUT2D eigenvalue weighted by molar-refractivity contribution is 0.0522. The highest BCUT2D eigenvalue weighted by atomic mass is 32.2. The van der Waals surface area contributed by atoms with Gasteiger partial charge in [-0.3, -0.25) is 0 Å². The number of halogens is 1. The van der Waals surface area contributed by atoms with Crippen LogP contribution in [0.15, 0.2) is 48.5 Å². The van der Waals surface area contributed by atoms with Gasteiger partial charge in [-0.15, -0.1) is 0 Å². The largest absolute Gasteiger partial charge is 0.748 e. The fraction of sp³-hybridized carbons (Fsp3) is 0.316. The smallest absolute Gasteiger partial charge is 0.338 e. The summed E-state index contributed by atoms with van der Waals surface area (Å²) in [6, 6.07) is 12.7. The van der Waals surface area contributed by atoms with Gasteiger partial charge in [0.2, 0.25) is 0 Å². The lowest BCUT2D eigenvalue weighted by atomic mass is 9.93. The summed E-state index contributed by atoms with van der Waals surface area (Å²) < 4.78 is 56.5. The van der Waals surface area contributed by atoms with Crippen LogP contribution in [0.1, 0.15) is 36.2 Å². The van der Waals surface area contributed by atoms with E-state index in [0.29, 0.717) is 6.42 Å². The van der Waals surface area contributed by atoms with Crippen LogP contribution in [0, 0.1) is 5.82 Å². The van der Waals surface area contributed by atoms with Crippen molar-refractivity contribution in [3.8, 4) is 5.75 Å². The molecule has 0 heterocycles. The zero-order valence-electron chi connectivity index (χ0n) is 15.0. The van der Waals surface area contributed by atoms with Crippen molar-refractivity contribution >= 4 is 16.1 Å². The molecule has 0 bridgehead atoms. The van der Waals surface area contributed by atoms with Crippen LogP contribution in [0.25, 0.3) is 0 Å². The maximum absolute atomic E-state index is 14.2. The number of esters is 1. The first-order valence-corrected chi connectivity index (χ1v) is 9.87. The molecule has 0 radical (unpaired) electrons. The molecular formula is C19H20FO6S-. The van der Waals surface area contributed by atoms with Gasteiger partial charge in [-0.2, -0.15) is 0 Å². The number of hydrogen-bond acceptors (Lipinski definition) is 6. The molecule has 146 valence electrons. The second-order valence-corrected chi connectivity index (χ2v) is 7.62. The van der Waals surface area contributed by atoms with Crippen molar-refractivity contribution in [2.45, 2.75) is 25.9 Å². The van der Waals surface area contributed by atoms with Gasteiger partial charge in [-0.25, -0.2) is 17.6 Å². The molecule has 0 amide bonds. The minimum Gasteiger partial charge on any atom is -0.748 e. The van der Waals surface area contributed by atoms with E-state index in [1.807, 2.05) is 44.2 Å². The molecule has 6 nitrogen and oxygen atoms in total. The normalized spacial score (nSPS) is 13.6. The van der Waals surface area contributed by atoms with Gasteiger partial charge in [0.25, 0.3) is 0 Å². The zero-order chi connectivity index (χ0) is 20.1. The molecule has 2 aromatic rings. The molecule has 0 saturated heterocycles. The third-order valence-electron chi connectivity index (χ3n) is 4.13. The number of hydrogen-bond donors (Lipinski definition) is 0. The fourth-order valence-corrected chi connectivity index (χ4v) is 2.68. The van der Waals surface area contributed by atoms with Crippen LogP contribution >= 0.6 is 0 Å². The molecule has 27 heavy (non-hydrogen) atoms. The first-order valence-electron chi connectivity index (χ1n) is 8.29. The molecule has 0 N–H and O–H groups in total. The molecule has 1 atom stereocenters. The van der Waals surface area contributed by atoms with Gasteiger partial charge in [0.05, 0.1) is 21.4 Å².